The van der Waals surface area contributed by atoms with Gasteiger partial charge in [0, 0.05) is 22.2 Å². The summed E-state index contributed by atoms with van der Waals surface area (Å²) in [4.78, 5) is 12.4. The summed E-state index contributed by atoms with van der Waals surface area (Å²) in [6.45, 7) is 0.818. The SMILES string of the molecule is NCCCOc1ccc(Cl)cc1NC(=O)Nc1c[n+]([O-])c2ccc(Cl)cc2[n+]1[O-]. The van der Waals surface area contributed by atoms with Gasteiger partial charge >= 0.3 is 11.8 Å². The van der Waals surface area contributed by atoms with Crippen LogP contribution in [0.2, 0.25) is 10.0 Å². The molecule has 0 bridgehead atoms. The molecular formula is C18H17Cl2N5O4. The van der Waals surface area contributed by atoms with Gasteiger partial charge in [-0.2, -0.15) is 10.0 Å². The Morgan fingerprint density at radius 3 is 2.55 bits per heavy atom. The first-order chi connectivity index (χ1) is 13.9. The predicted molar refractivity (Wildman–Crippen MR) is 110 cm³/mol. The highest BCUT2D eigenvalue weighted by atomic mass is 35.5. The number of nitrogens with zero attached hydrogens (tertiary/aromatic N) is 2. The van der Waals surface area contributed by atoms with Gasteiger partial charge in [0.05, 0.1) is 12.3 Å². The number of hydrogen-bond acceptors (Lipinski definition) is 5. The summed E-state index contributed by atoms with van der Waals surface area (Å²) in [7, 11) is 0. The fourth-order valence-electron chi connectivity index (χ4n) is 2.55. The largest absolute Gasteiger partial charge is 0.710 e. The zero-order valence-electron chi connectivity index (χ0n) is 15.0. The summed E-state index contributed by atoms with van der Waals surface area (Å²) in [5, 5.41) is 30.2. The molecule has 0 fully saturated rings. The number of nitrogens with one attached hydrogen (secondary N) is 2. The van der Waals surface area contributed by atoms with Gasteiger partial charge in [0.15, 0.2) is 0 Å². The summed E-state index contributed by atoms with van der Waals surface area (Å²) in [5.74, 6) is 0.108. The predicted octanol–water partition coefficient (Wildman–Crippen LogP) is 2.79. The first kappa shape index (κ1) is 20.7. The highest BCUT2D eigenvalue weighted by molar-refractivity contribution is 6.31. The summed E-state index contributed by atoms with van der Waals surface area (Å²) in [6.07, 6.45) is 1.59. The third kappa shape index (κ3) is 4.89. The number of carbonyl (C=O) groups is 1. The third-order valence-electron chi connectivity index (χ3n) is 3.89. The topological polar surface area (TPSA) is 130 Å². The molecule has 0 aliphatic carbocycles. The van der Waals surface area contributed by atoms with E-state index in [0.29, 0.717) is 45.5 Å². The van der Waals surface area contributed by atoms with Crippen molar-refractivity contribution in [2.24, 2.45) is 5.73 Å². The van der Waals surface area contributed by atoms with Crippen molar-refractivity contribution in [2.75, 3.05) is 23.8 Å². The van der Waals surface area contributed by atoms with Gasteiger partial charge in [0.2, 0.25) is 5.52 Å². The monoisotopic (exact) mass is 437 g/mol. The summed E-state index contributed by atoms with van der Waals surface area (Å²) in [5.41, 5.74) is 5.87. The summed E-state index contributed by atoms with van der Waals surface area (Å²) >= 11 is 11.9. The average molecular weight is 438 g/mol. The molecule has 3 rings (SSSR count). The van der Waals surface area contributed by atoms with Crippen molar-refractivity contribution in [1.29, 1.82) is 0 Å². The van der Waals surface area contributed by atoms with Crippen LogP contribution in [0.1, 0.15) is 6.42 Å². The molecule has 1 heterocycles. The number of rotatable bonds is 6. The number of halogens is 2. The Hall–Kier alpha value is -3.01. The van der Waals surface area contributed by atoms with E-state index in [1.807, 2.05) is 0 Å². The molecule has 0 aliphatic rings. The van der Waals surface area contributed by atoms with Gasteiger partial charge in [0.25, 0.3) is 11.7 Å². The normalized spacial score (nSPS) is 10.7. The zero-order valence-corrected chi connectivity index (χ0v) is 16.5. The number of aromatic nitrogens is 2. The van der Waals surface area contributed by atoms with E-state index in [4.69, 9.17) is 33.7 Å². The van der Waals surface area contributed by atoms with Gasteiger partial charge in [-0.15, -0.1) is 0 Å². The standard InChI is InChI=1S/C18H17Cl2N5O4/c19-11-3-5-16(29-7-1-6-21)13(8-11)22-18(26)23-17-10-24(27)14-4-2-12(20)9-15(14)25(17)28/h2-5,8-10H,1,6-7,21H2,(H2,22,23,26). The second kappa shape index (κ2) is 8.99. The minimum absolute atomic E-state index is 0.0128. The van der Waals surface area contributed by atoms with Crippen molar-refractivity contribution in [2.45, 2.75) is 6.42 Å². The molecule has 2 aromatic carbocycles. The molecule has 152 valence electrons. The first-order valence-corrected chi connectivity index (χ1v) is 9.30. The van der Waals surface area contributed by atoms with Crippen LogP contribution in [0, 0.1) is 10.4 Å². The number of benzene rings is 2. The molecule has 2 amide bonds. The maximum atomic E-state index is 12.5. The number of urea groups is 1. The van der Waals surface area contributed by atoms with Crippen molar-refractivity contribution in [3.63, 3.8) is 0 Å². The molecular weight excluding hydrogens is 421 g/mol. The van der Waals surface area contributed by atoms with Crippen molar-refractivity contribution in [1.82, 2.24) is 0 Å². The van der Waals surface area contributed by atoms with Crippen LogP contribution in [0.15, 0.2) is 42.6 Å². The smallest absolute Gasteiger partial charge is 0.411 e. The average Bonchev–Trinajstić information content (AvgIpc) is 2.67. The van der Waals surface area contributed by atoms with Gasteiger partial charge in [-0.1, -0.05) is 23.2 Å². The van der Waals surface area contributed by atoms with Crippen molar-refractivity contribution in [3.8, 4) is 5.75 Å². The lowest BCUT2D eigenvalue weighted by molar-refractivity contribution is -0.618. The van der Waals surface area contributed by atoms with E-state index < -0.39 is 6.03 Å². The van der Waals surface area contributed by atoms with Crippen LogP contribution in [0.4, 0.5) is 16.3 Å². The molecule has 9 nitrogen and oxygen atoms in total. The molecule has 0 spiro atoms. The van der Waals surface area contributed by atoms with E-state index in [1.54, 1.807) is 12.1 Å². The molecule has 0 aliphatic heterocycles. The van der Waals surface area contributed by atoms with Gasteiger partial charge in [-0.25, -0.2) is 9.52 Å². The van der Waals surface area contributed by atoms with Crippen LogP contribution in [0.25, 0.3) is 11.0 Å². The van der Waals surface area contributed by atoms with E-state index in [0.717, 1.165) is 6.20 Å². The molecule has 3 aromatic rings. The number of amides is 2. The third-order valence-corrected chi connectivity index (χ3v) is 4.36. The molecule has 11 heteroatoms. The summed E-state index contributed by atoms with van der Waals surface area (Å²) in [6, 6.07) is 8.19. The summed E-state index contributed by atoms with van der Waals surface area (Å²) < 4.78 is 6.46. The number of fused-ring (bicyclic) bond motifs is 1. The Morgan fingerprint density at radius 2 is 1.79 bits per heavy atom. The van der Waals surface area contributed by atoms with Crippen LogP contribution in [0.3, 0.4) is 0 Å². The second-order valence-electron chi connectivity index (χ2n) is 5.98. The fourth-order valence-corrected chi connectivity index (χ4v) is 2.89. The van der Waals surface area contributed by atoms with Crippen molar-refractivity contribution >= 4 is 51.8 Å². The van der Waals surface area contributed by atoms with E-state index in [-0.39, 0.29) is 21.9 Å². The zero-order chi connectivity index (χ0) is 21.0. The quantitative estimate of drug-likeness (QED) is 0.310. The Morgan fingerprint density at radius 1 is 1.07 bits per heavy atom. The Balaban J connectivity index is 1.83. The Labute approximate surface area is 175 Å². The lowest BCUT2D eigenvalue weighted by atomic mass is 10.3. The molecule has 4 N–H and O–H groups in total. The second-order valence-corrected chi connectivity index (χ2v) is 6.85. The highest BCUT2D eigenvalue weighted by Gasteiger charge is 2.21. The van der Waals surface area contributed by atoms with Crippen LogP contribution in [-0.2, 0) is 0 Å². The van der Waals surface area contributed by atoms with Crippen molar-refractivity contribution in [3.05, 3.63) is 63.1 Å². The number of hydrogen-bond donors (Lipinski definition) is 3. The minimum atomic E-state index is -0.762. The highest BCUT2D eigenvalue weighted by Crippen LogP contribution is 2.28. The Bertz CT molecular complexity index is 1060. The number of anilines is 2. The molecule has 0 saturated carbocycles. The van der Waals surface area contributed by atoms with E-state index in [9.17, 15) is 15.2 Å². The van der Waals surface area contributed by atoms with Gasteiger partial charge < -0.3 is 20.9 Å². The lowest BCUT2D eigenvalue weighted by Gasteiger charge is -2.13. The minimum Gasteiger partial charge on any atom is -0.710 e. The van der Waals surface area contributed by atoms with E-state index >= 15 is 0 Å². The first-order valence-electron chi connectivity index (χ1n) is 8.54. The molecule has 0 unspecified atom stereocenters. The molecule has 1 aromatic heterocycles. The van der Waals surface area contributed by atoms with Crippen LogP contribution < -0.4 is 30.6 Å². The van der Waals surface area contributed by atoms with Crippen LogP contribution in [-0.4, -0.2) is 19.2 Å². The fraction of sp³-hybridized carbons (Fsp3) is 0.167. The van der Waals surface area contributed by atoms with Gasteiger partial charge in [-0.05, 0) is 37.2 Å². The Kier molecular flexibility index (Phi) is 6.42. The van der Waals surface area contributed by atoms with E-state index in [2.05, 4.69) is 10.6 Å². The van der Waals surface area contributed by atoms with Gasteiger partial charge in [-0.3, -0.25) is 5.32 Å². The number of nitrogens with two attached hydrogens (primary N) is 1. The van der Waals surface area contributed by atoms with Crippen molar-refractivity contribution < 1.29 is 19.0 Å². The van der Waals surface area contributed by atoms with Crippen LogP contribution >= 0.6 is 23.2 Å². The number of carbonyl (C=O) groups excluding carboxylic acids is 1. The molecule has 29 heavy (non-hydrogen) atoms. The lowest BCUT2D eigenvalue weighted by Crippen LogP contribution is -2.42. The maximum Gasteiger partial charge on any atom is 0.411 e. The van der Waals surface area contributed by atoms with Gasteiger partial charge in [0.1, 0.15) is 5.75 Å². The number of ether oxygens (including phenoxy) is 1. The van der Waals surface area contributed by atoms with Crippen LogP contribution in [0.5, 0.6) is 5.75 Å². The molecule has 0 radical (unpaired) electrons. The van der Waals surface area contributed by atoms with E-state index in [1.165, 1.54) is 24.3 Å². The maximum absolute atomic E-state index is 12.5. The molecule has 0 atom stereocenters. The molecule has 0 saturated heterocycles.